The van der Waals surface area contributed by atoms with E-state index >= 15 is 0 Å². The summed E-state index contributed by atoms with van der Waals surface area (Å²) in [5, 5.41) is 0. The summed E-state index contributed by atoms with van der Waals surface area (Å²) in [4.78, 5) is 0. The molecule has 0 saturated carbocycles. The van der Waals surface area contributed by atoms with E-state index in [2.05, 4.69) is 47.3 Å². The van der Waals surface area contributed by atoms with Crippen molar-refractivity contribution in [3.05, 3.63) is 22.3 Å². The Balaban J connectivity index is 2.93. The SMILES string of the molecule is CC1=C(C)C(C[Si](C)(C)C)C(C)=C1C. The van der Waals surface area contributed by atoms with E-state index in [1.54, 1.807) is 22.3 Å². The highest BCUT2D eigenvalue weighted by Crippen LogP contribution is 2.40. The first-order chi connectivity index (χ1) is 6.24. The Morgan fingerprint density at radius 3 is 1.50 bits per heavy atom. The minimum absolute atomic E-state index is 0.765. The molecule has 0 aliphatic heterocycles. The molecule has 1 aliphatic carbocycles. The van der Waals surface area contributed by atoms with Crippen molar-refractivity contribution in [3.63, 3.8) is 0 Å². The van der Waals surface area contributed by atoms with Crippen LogP contribution in [0.3, 0.4) is 0 Å². The maximum absolute atomic E-state index is 2.47. The van der Waals surface area contributed by atoms with Crippen LogP contribution < -0.4 is 0 Å². The lowest BCUT2D eigenvalue weighted by atomic mass is 9.99. The molecule has 0 atom stereocenters. The molecule has 0 aromatic carbocycles. The van der Waals surface area contributed by atoms with Gasteiger partial charge in [-0.3, -0.25) is 0 Å². The van der Waals surface area contributed by atoms with Gasteiger partial charge >= 0.3 is 0 Å². The van der Waals surface area contributed by atoms with Crippen molar-refractivity contribution in [3.8, 4) is 0 Å². The van der Waals surface area contributed by atoms with Crippen LogP contribution in [-0.4, -0.2) is 8.07 Å². The molecule has 0 radical (unpaired) electrons. The van der Waals surface area contributed by atoms with E-state index in [0.717, 1.165) is 5.92 Å². The average Bonchev–Trinajstić information content (AvgIpc) is 2.20. The van der Waals surface area contributed by atoms with Crippen molar-refractivity contribution < 1.29 is 0 Å². The van der Waals surface area contributed by atoms with E-state index in [9.17, 15) is 0 Å². The molecular formula is C13H24Si. The lowest BCUT2D eigenvalue weighted by Crippen LogP contribution is -2.24. The van der Waals surface area contributed by atoms with Gasteiger partial charge in [-0.15, -0.1) is 0 Å². The molecule has 0 N–H and O–H groups in total. The standard InChI is InChI=1S/C13H24Si/c1-9-10(2)12(4)13(11(9)3)8-14(5,6)7/h13H,8H2,1-7H3. The molecule has 1 heteroatoms. The average molecular weight is 208 g/mol. The first kappa shape index (κ1) is 11.8. The predicted octanol–water partition coefficient (Wildman–Crippen LogP) is 4.63. The van der Waals surface area contributed by atoms with Gasteiger partial charge in [0.25, 0.3) is 0 Å². The third-order valence-corrected chi connectivity index (χ3v) is 5.24. The van der Waals surface area contributed by atoms with Crippen LogP contribution in [0.25, 0.3) is 0 Å². The van der Waals surface area contributed by atoms with Crippen molar-refractivity contribution in [1.29, 1.82) is 0 Å². The smallest absolute Gasteiger partial charge is 0.0451 e. The van der Waals surface area contributed by atoms with Gasteiger partial charge in [-0.2, -0.15) is 0 Å². The highest BCUT2D eigenvalue weighted by atomic mass is 28.3. The van der Waals surface area contributed by atoms with Crippen molar-refractivity contribution in [1.82, 2.24) is 0 Å². The quantitative estimate of drug-likeness (QED) is 0.581. The maximum atomic E-state index is 2.47. The molecule has 0 bridgehead atoms. The summed E-state index contributed by atoms with van der Waals surface area (Å²) >= 11 is 0. The Bertz CT molecular complexity index is 276. The molecule has 80 valence electrons. The Hall–Kier alpha value is -0.303. The van der Waals surface area contributed by atoms with Gasteiger partial charge in [-0.05, 0) is 50.8 Å². The monoisotopic (exact) mass is 208 g/mol. The van der Waals surface area contributed by atoms with Crippen molar-refractivity contribution in [2.45, 2.75) is 53.4 Å². The van der Waals surface area contributed by atoms with Gasteiger partial charge in [0, 0.05) is 8.07 Å². The number of allylic oxidation sites excluding steroid dienone is 4. The molecular weight excluding hydrogens is 184 g/mol. The van der Waals surface area contributed by atoms with Gasteiger partial charge in [-0.1, -0.05) is 30.8 Å². The molecule has 0 aromatic heterocycles. The molecule has 1 rings (SSSR count). The zero-order chi connectivity index (χ0) is 11.1. The van der Waals surface area contributed by atoms with Crippen molar-refractivity contribution in [2.24, 2.45) is 5.92 Å². The van der Waals surface area contributed by atoms with Crippen LogP contribution in [0.5, 0.6) is 0 Å². The van der Waals surface area contributed by atoms with E-state index in [4.69, 9.17) is 0 Å². The summed E-state index contributed by atoms with van der Waals surface area (Å²) in [6.45, 7) is 16.6. The zero-order valence-corrected chi connectivity index (χ0v) is 11.8. The summed E-state index contributed by atoms with van der Waals surface area (Å²) in [5.74, 6) is 0.765. The molecule has 0 fully saturated rings. The van der Waals surface area contributed by atoms with E-state index in [1.165, 1.54) is 6.04 Å². The maximum Gasteiger partial charge on any atom is 0.0451 e. The molecule has 0 spiro atoms. The van der Waals surface area contributed by atoms with Gasteiger partial charge in [0.1, 0.15) is 0 Å². The molecule has 0 nitrogen and oxygen atoms in total. The summed E-state index contributed by atoms with van der Waals surface area (Å²) < 4.78 is 0. The fraction of sp³-hybridized carbons (Fsp3) is 0.692. The zero-order valence-electron chi connectivity index (χ0n) is 10.8. The molecule has 0 unspecified atom stereocenters. The Kier molecular flexibility index (Phi) is 3.10. The van der Waals surface area contributed by atoms with Gasteiger partial charge in [0.2, 0.25) is 0 Å². The molecule has 0 saturated heterocycles. The number of hydrogen-bond acceptors (Lipinski definition) is 0. The Morgan fingerprint density at radius 2 is 1.21 bits per heavy atom. The van der Waals surface area contributed by atoms with Crippen LogP contribution in [0.4, 0.5) is 0 Å². The Morgan fingerprint density at radius 1 is 0.857 bits per heavy atom. The van der Waals surface area contributed by atoms with E-state index < -0.39 is 8.07 Å². The first-order valence-corrected chi connectivity index (χ1v) is 9.30. The summed E-state index contributed by atoms with van der Waals surface area (Å²) in [6.07, 6.45) is 0. The van der Waals surface area contributed by atoms with Crippen LogP contribution >= 0.6 is 0 Å². The lowest BCUT2D eigenvalue weighted by Gasteiger charge is -2.23. The van der Waals surface area contributed by atoms with Crippen LogP contribution in [0.1, 0.15) is 27.7 Å². The van der Waals surface area contributed by atoms with Gasteiger partial charge < -0.3 is 0 Å². The van der Waals surface area contributed by atoms with E-state index in [-0.39, 0.29) is 0 Å². The fourth-order valence-corrected chi connectivity index (χ4v) is 4.19. The van der Waals surface area contributed by atoms with Crippen molar-refractivity contribution >= 4 is 8.07 Å². The number of hydrogen-bond donors (Lipinski definition) is 0. The number of rotatable bonds is 2. The Labute approximate surface area is 90.1 Å². The second-order valence-corrected chi connectivity index (χ2v) is 11.5. The van der Waals surface area contributed by atoms with Gasteiger partial charge in [-0.25, -0.2) is 0 Å². The minimum Gasteiger partial charge on any atom is -0.0695 e. The van der Waals surface area contributed by atoms with Crippen LogP contribution in [0.2, 0.25) is 25.7 Å². The second kappa shape index (κ2) is 3.69. The normalized spacial score (nSPS) is 19.9. The highest BCUT2D eigenvalue weighted by molar-refractivity contribution is 6.76. The second-order valence-electron chi connectivity index (χ2n) is 5.93. The lowest BCUT2D eigenvalue weighted by molar-refractivity contribution is 0.796. The molecule has 1 aliphatic rings. The van der Waals surface area contributed by atoms with Gasteiger partial charge in [0.05, 0.1) is 0 Å². The predicted molar refractivity (Wildman–Crippen MR) is 68.4 cm³/mol. The first-order valence-electron chi connectivity index (χ1n) is 5.59. The van der Waals surface area contributed by atoms with Crippen LogP contribution in [-0.2, 0) is 0 Å². The van der Waals surface area contributed by atoms with Gasteiger partial charge in [0.15, 0.2) is 0 Å². The minimum atomic E-state index is -0.933. The third kappa shape index (κ3) is 2.19. The summed E-state index contributed by atoms with van der Waals surface area (Å²) in [7, 11) is -0.933. The van der Waals surface area contributed by atoms with Crippen LogP contribution in [0, 0.1) is 5.92 Å². The van der Waals surface area contributed by atoms with Crippen LogP contribution in [0.15, 0.2) is 22.3 Å². The molecule has 0 amide bonds. The van der Waals surface area contributed by atoms with Crippen molar-refractivity contribution in [2.75, 3.05) is 0 Å². The molecule has 0 aromatic rings. The van der Waals surface area contributed by atoms with E-state index in [0.29, 0.717) is 0 Å². The largest absolute Gasteiger partial charge is 0.0695 e. The summed E-state index contributed by atoms with van der Waals surface area (Å²) in [6, 6.07) is 1.42. The fourth-order valence-electron chi connectivity index (χ4n) is 2.36. The molecule has 14 heavy (non-hydrogen) atoms. The van der Waals surface area contributed by atoms with E-state index in [1.807, 2.05) is 0 Å². The highest BCUT2D eigenvalue weighted by Gasteiger charge is 2.28. The topological polar surface area (TPSA) is 0 Å². The summed E-state index contributed by atoms with van der Waals surface area (Å²) in [5.41, 5.74) is 6.35. The third-order valence-electron chi connectivity index (χ3n) is 3.61. The molecule has 0 heterocycles.